The summed E-state index contributed by atoms with van der Waals surface area (Å²) in [6.45, 7) is 4.37. The second-order valence-electron chi connectivity index (χ2n) is 5.40. The first-order valence-corrected chi connectivity index (χ1v) is 6.30. The SMILES string of the molecule is CC(C)C1CC(Nc2cccc(C(F)(F)F)c2)C1. The molecule has 0 radical (unpaired) electrons. The zero-order chi connectivity index (χ0) is 13.3. The molecule has 0 heterocycles. The van der Waals surface area contributed by atoms with E-state index in [-0.39, 0.29) is 0 Å². The van der Waals surface area contributed by atoms with Crippen molar-refractivity contribution in [2.75, 3.05) is 5.32 Å². The van der Waals surface area contributed by atoms with E-state index >= 15 is 0 Å². The third-order valence-electron chi connectivity index (χ3n) is 3.68. The zero-order valence-corrected chi connectivity index (χ0v) is 10.6. The van der Waals surface area contributed by atoms with Crippen molar-refractivity contribution in [3.63, 3.8) is 0 Å². The molecule has 1 aromatic carbocycles. The number of hydrogen-bond acceptors (Lipinski definition) is 1. The normalized spacial score (nSPS) is 23.9. The molecule has 0 bridgehead atoms. The van der Waals surface area contributed by atoms with Gasteiger partial charge in [0.2, 0.25) is 0 Å². The van der Waals surface area contributed by atoms with Crippen molar-refractivity contribution in [3.8, 4) is 0 Å². The minimum absolute atomic E-state index is 0.320. The Balaban J connectivity index is 1.95. The first-order chi connectivity index (χ1) is 8.36. The van der Waals surface area contributed by atoms with Crippen molar-refractivity contribution in [1.82, 2.24) is 0 Å². The highest BCUT2D eigenvalue weighted by molar-refractivity contribution is 5.47. The summed E-state index contributed by atoms with van der Waals surface area (Å²) in [7, 11) is 0. The quantitative estimate of drug-likeness (QED) is 0.837. The number of nitrogens with one attached hydrogen (secondary N) is 1. The standard InChI is InChI=1S/C14H18F3N/c1-9(2)10-6-13(7-10)18-12-5-3-4-11(8-12)14(15,16)17/h3-5,8-10,13,18H,6-7H2,1-2H3. The Bertz CT molecular complexity index is 406. The summed E-state index contributed by atoms with van der Waals surface area (Å²) in [5.74, 6) is 1.36. The van der Waals surface area contributed by atoms with E-state index in [0.29, 0.717) is 23.6 Å². The lowest BCUT2D eigenvalue weighted by molar-refractivity contribution is -0.137. The summed E-state index contributed by atoms with van der Waals surface area (Å²) in [6, 6.07) is 5.74. The van der Waals surface area contributed by atoms with E-state index in [2.05, 4.69) is 19.2 Å². The number of halogens is 3. The Morgan fingerprint density at radius 2 is 1.89 bits per heavy atom. The fraction of sp³-hybridized carbons (Fsp3) is 0.571. The molecule has 1 N–H and O–H groups in total. The molecule has 0 amide bonds. The molecule has 0 spiro atoms. The molecule has 1 aromatic rings. The zero-order valence-electron chi connectivity index (χ0n) is 10.6. The van der Waals surface area contributed by atoms with E-state index in [1.165, 1.54) is 12.1 Å². The average molecular weight is 257 g/mol. The maximum Gasteiger partial charge on any atom is 0.416 e. The van der Waals surface area contributed by atoms with Gasteiger partial charge in [-0.2, -0.15) is 13.2 Å². The van der Waals surface area contributed by atoms with Gasteiger partial charge in [-0.3, -0.25) is 0 Å². The van der Waals surface area contributed by atoms with Crippen molar-refractivity contribution in [1.29, 1.82) is 0 Å². The highest BCUT2D eigenvalue weighted by Gasteiger charge is 2.32. The molecule has 0 saturated heterocycles. The first kappa shape index (κ1) is 13.2. The molecule has 1 aliphatic carbocycles. The van der Waals surface area contributed by atoms with E-state index < -0.39 is 11.7 Å². The summed E-state index contributed by atoms with van der Waals surface area (Å²) in [5, 5.41) is 3.18. The summed E-state index contributed by atoms with van der Waals surface area (Å²) in [4.78, 5) is 0. The Morgan fingerprint density at radius 3 is 2.44 bits per heavy atom. The lowest BCUT2D eigenvalue weighted by Crippen LogP contribution is -2.37. The molecule has 0 aliphatic heterocycles. The molecule has 1 saturated carbocycles. The van der Waals surface area contributed by atoms with Crippen LogP contribution < -0.4 is 5.32 Å². The topological polar surface area (TPSA) is 12.0 Å². The third kappa shape index (κ3) is 2.98. The number of benzene rings is 1. The van der Waals surface area contributed by atoms with Gasteiger partial charge in [0.15, 0.2) is 0 Å². The van der Waals surface area contributed by atoms with Crippen molar-refractivity contribution >= 4 is 5.69 Å². The molecule has 18 heavy (non-hydrogen) atoms. The first-order valence-electron chi connectivity index (χ1n) is 6.30. The second kappa shape index (κ2) is 4.82. The van der Waals surface area contributed by atoms with Crippen LogP contribution >= 0.6 is 0 Å². The van der Waals surface area contributed by atoms with Crippen molar-refractivity contribution in [2.24, 2.45) is 11.8 Å². The molecule has 2 rings (SSSR count). The smallest absolute Gasteiger partial charge is 0.382 e. The highest BCUT2D eigenvalue weighted by Crippen LogP contribution is 2.36. The number of alkyl halides is 3. The summed E-state index contributed by atoms with van der Waals surface area (Å²) in [5.41, 5.74) is -0.0238. The number of anilines is 1. The lowest BCUT2D eigenvalue weighted by Gasteiger charge is -2.39. The van der Waals surface area contributed by atoms with Crippen LogP contribution in [0.1, 0.15) is 32.3 Å². The fourth-order valence-electron chi connectivity index (χ4n) is 2.35. The third-order valence-corrected chi connectivity index (χ3v) is 3.68. The maximum absolute atomic E-state index is 12.5. The van der Waals surface area contributed by atoms with Gasteiger partial charge in [0, 0.05) is 11.7 Å². The Hall–Kier alpha value is -1.19. The van der Waals surface area contributed by atoms with Crippen LogP contribution in [0, 0.1) is 11.8 Å². The van der Waals surface area contributed by atoms with Crippen LogP contribution in [-0.4, -0.2) is 6.04 Å². The molecular weight excluding hydrogens is 239 g/mol. The van der Waals surface area contributed by atoms with Crippen LogP contribution in [0.15, 0.2) is 24.3 Å². The van der Waals surface area contributed by atoms with Gasteiger partial charge in [-0.05, 0) is 42.9 Å². The van der Waals surface area contributed by atoms with Crippen molar-refractivity contribution < 1.29 is 13.2 Å². The van der Waals surface area contributed by atoms with E-state index in [0.717, 1.165) is 18.9 Å². The average Bonchev–Trinajstić information content (AvgIpc) is 2.21. The van der Waals surface area contributed by atoms with Gasteiger partial charge in [-0.15, -0.1) is 0 Å². The predicted octanol–water partition coefficient (Wildman–Crippen LogP) is 4.55. The summed E-state index contributed by atoms with van der Waals surface area (Å²) < 4.78 is 37.6. The molecule has 1 aliphatic rings. The van der Waals surface area contributed by atoms with Gasteiger partial charge in [-0.1, -0.05) is 19.9 Å². The van der Waals surface area contributed by atoms with E-state index in [1.807, 2.05) is 0 Å². The molecule has 0 aromatic heterocycles. The predicted molar refractivity (Wildman–Crippen MR) is 66.4 cm³/mol. The lowest BCUT2D eigenvalue weighted by atomic mass is 9.73. The highest BCUT2D eigenvalue weighted by atomic mass is 19.4. The maximum atomic E-state index is 12.5. The van der Waals surface area contributed by atoms with Crippen LogP contribution in [0.3, 0.4) is 0 Å². The molecule has 0 unspecified atom stereocenters. The monoisotopic (exact) mass is 257 g/mol. The second-order valence-corrected chi connectivity index (χ2v) is 5.40. The molecule has 1 nitrogen and oxygen atoms in total. The van der Waals surface area contributed by atoms with Gasteiger partial charge in [0.25, 0.3) is 0 Å². The van der Waals surface area contributed by atoms with Crippen LogP contribution in [0.2, 0.25) is 0 Å². The van der Waals surface area contributed by atoms with Crippen LogP contribution in [0.25, 0.3) is 0 Å². The van der Waals surface area contributed by atoms with Crippen molar-refractivity contribution in [3.05, 3.63) is 29.8 Å². The van der Waals surface area contributed by atoms with Gasteiger partial charge < -0.3 is 5.32 Å². The fourth-order valence-corrected chi connectivity index (χ4v) is 2.35. The van der Waals surface area contributed by atoms with Crippen LogP contribution in [-0.2, 0) is 6.18 Å². The molecule has 0 atom stereocenters. The van der Waals surface area contributed by atoms with E-state index in [1.54, 1.807) is 6.07 Å². The molecule has 100 valence electrons. The van der Waals surface area contributed by atoms with Gasteiger partial charge >= 0.3 is 6.18 Å². The minimum Gasteiger partial charge on any atom is -0.382 e. The Labute approximate surface area is 105 Å². The van der Waals surface area contributed by atoms with Crippen LogP contribution in [0.5, 0.6) is 0 Å². The molecule has 4 heteroatoms. The Kier molecular flexibility index (Phi) is 3.55. The van der Waals surface area contributed by atoms with Gasteiger partial charge in [-0.25, -0.2) is 0 Å². The molecule has 1 fully saturated rings. The van der Waals surface area contributed by atoms with Gasteiger partial charge in [0.05, 0.1) is 5.56 Å². The largest absolute Gasteiger partial charge is 0.416 e. The van der Waals surface area contributed by atoms with Crippen LogP contribution in [0.4, 0.5) is 18.9 Å². The Morgan fingerprint density at radius 1 is 1.22 bits per heavy atom. The van der Waals surface area contributed by atoms with E-state index in [4.69, 9.17) is 0 Å². The van der Waals surface area contributed by atoms with Crippen molar-refractivity contribution in [2.45, 2.75) is 38.9 Å². The number of rotatable bonds is 3. The molecular formula is C14H18F3N. The minimum atomic E-state index is -4.27. The summed E-state index contributed by atoms with van der Waals surface area (Å²) in [6.07, 6.45) is -2.17. The van der Waals surface area contributed by atoms with E-state index in [9.17, 15) is 13.2 Å². The number of hydrogen-bond donors (Lipinski definition) is 1. The summed E-state index contributed by atoms with van der Waals surface area (Å²) >= 11 is 0. The van der Waals surface area contributed by atoms with Gasteiger partial charge in [0.1, 0.15) is 0 Å².